The van der Waals surface area contributed by atoms with Gasteiger partial charge < -0.3 is 14.2 Å². The first-order valence-electron chi connectivity index (χ1n) is 28.3. The van der Waals surface area contributed by atoms with E-state index in [0.717, 1.165) is 122 Å². The van der Waals surface area contributed by atoms with Crippen LogP contribution in [0.3, 0.4) is 0 Å². The number of carbonyl (C=O) groups excluding carboxylic acids is 3. The molecule has 1 unspecified atom stereocenters. The lowest BCUT2D eigenvalue weighted by Crippen LogP contribution is -2.30. The summed E-state index contributed by atoms with van der Waals surface area (Å²) in [5, 5.41) is 0. The van der Waals surface area contributed by atoms with Crippen molar-refractivity contribution in [2.75, 3.05) is 13.2 Å². The highest BCUT2D eigenvalue weighted by Crippen LogP contribution is 2.14. The van der Waals surface area contributed by atoms with Gasteiger partial charge >= 0.3 is 17.9 Å². The molecule has 0 saturated carbocycles. The summed E-state index contributed by atoms with van der Waals surface area (Å²) in [6.07, 6.45) is 73.8. The Morgan fingerprint density at radius 2 is 0.544 bits per heavy atom. The summed E-state index contributed by atoms with van der Waals surface area (Å²) in [6, 6.07) is 0. The summed E-state index contributed by atoms with van der Waals surface area (Å²) >= 11 is 0. The van der Waals surface area contributed by atoms with Gasteiger partial charge in [0.05, 0.1) is 0 Å². The van der Waals surface area contributed by atoms with Crippen LogP contribution in [0.4, 0.5) is 0 Å². The molecule has 0 rings (SSSR count). The maximum atomic E-state index is 12.8. The molecule has 6 heteroatoms. The standard InChI is InChI=1S/C62H104O6/c1-4-7-10-13-16-19-22-25-28-30-32-34-37-40-43-46-49-52-55-61(64)67-58-59(57-66-60(63)54-51-48-45-42-39-36-27-24-21-18-15-12-9-6-3)68-62(65)56-53-50-47-44-41-38-35-33-31-29-26-23-20-17-14-11-8-5-2/h16,19,22-23,25-26,28-36,39,59H,4-15,17-18,20-21,24,27,37-38,40-58H2,1-3H3/b19-16-,25-22-,26-23-,30-28-,31-29-,34-32-,35-33-,39-36-. The van der Waals surface area contributed by atoms with E-state index in [4.69, 9.17) is 14.2 Å². The third-order valence-corrected chi connectivity index (χ3v) is 11.9. The molecule has 6 nitrogen and oxygen atoms in total. The van der Waals surface area contributed by atoms with E-state index in [1.807, 2.05) is 0 Å². The fraction of sp³-hybridized carbons (Fsp3) is 0.694. The predicted octanol–water partition coefficient (Wildman–Crippen LogP) is 18.9. The van der Waals surface area contributed by atoms with Gasteiger partial charge in [0.15, 0.2) is 6.10 Å². The topological polar surface area (TPSA) is 78.9 Å². The predicted molar refractivity (Wildman–Crippen MR) is 293 cm³/mol. The molecule has 0 aliphatic heterocycles. The lowest BCUT2D eigenvalue weighted by Gasteiger charge is -2.18. The zero-order valence-corrected chi connectivity index (χ0v) is 44.3. The van der Waals surface area contributed by atoms with E-state index in [1.165, 1.54) is 96.3 Å². The van der Waals surface area contributed by atoms with Crippen LogP contribution < -0.4 is 0 Å². The molecule has 68 heavy (non-hydrogen) atoms. The number of esters is 3. The van der Waals surface area contributed by atoms with Crippen molar-refractivity contribution in [3.8, 4) is 0 Å². The average Bonchev–Trinajstić information content (AvgIpc) is 3.34. The highest BCUT2D eigenvalue weighted by atomic mass is 16.6. The highest BCUT2D eigenvalue weighted by molar-refractivity contribution is 5.71. The molecule has 0 radical (unpaired) electrons. The van der Waals surface area contributed by atoms with Gasteiger partial charge in [-0.2, -0.15) is 0 Å². The molecule has 1 atom stereocenters. The monoisotopic (exact) mass is 945 g/mol. The van der Waals surface area contributed by atoms with Crippen molar-refractivity contribution in [3.63, 3.8) is 0 Å². The molecule has 0 aromatic carbocycles. The van der Waals surface area contributed by atoms with Gasteiger partial charge in [-0.15, -0.1) is 0 Å². The Labute approximate surface area is 419 Å². The number of carbonyl (C=O) groups is 3. The minimum Gasteiger partial charge on any atom is -0.462 e. The van der Waals surface area contributed by atoms with Crippen LogP contribution in [0.5, 0.6) is 0 Å². The molecule has 0 fully saturated rings. The van der Waals surface area contributed by atoms with E-state index in [0.29, 0.717) is 19.3 Å². The summed E-state index contributed by atoms with van der Waals surface area (Å²) in [7, 11) is 0. The maximum Gasteiger partial charge on any atom is 0.306 e. The van der Waals surface area contributed by atoms with Gasteiger partial charge in [0, 0.05) is 19.3 Å². The van der Waals surface area contributed by atoms with E-state index < -0.39 is 6.10 Å². The molecule has 388 valence electrons. The summed E-state index contributed by atoms with van der Waals surface area (Å²) in [5.74, 6) is -0.958. The number of ether oxygens (including phenoxy) is 3. The molecule has 0 bridgehead atoms. The van der Waals surface area contributed by atoms with Crippen molar-refractivity contribution in [1.29, 1.82) is 0 Å². The first kappa shape index (κ1) is 64.3. The van der Waals surface area contributed by atoms with Crippen molar-refractivity contribution in [3.05, 3.63) is 97.2 Å². The Kier molecular flexibility index (Phi) is 52.9. The minimum atomic E-state index is -0.806. The van der Waals surface area contributed by atoms with Gasteiger partial charge in [0.1, 0.15) is 13.2 Å². The van der Waals surface area contributed by atoms with Crippen molar-refractivity contribution in [2.45, 2.75) is 264 Å². The second-order valence-electron chi connectivity index (χ2n) is 18.6. The Morgan fingerprint density at radius 1 is 0.294 bits per heavy atom. The minimum absolute atomic E-state index is 0.102. The largest absolute Gasteiger partial charge is 0.462 e. The maximum absolute atomic E-state index is 12.8. The average molecular weight is 946 g/mol. The third-order valence-electron chi connectivity index (χ3n) is 11.9. The summed E-state index contributed by atoms with van der Waals surface area (Å²) in [6.45, 7) is 6.53. The zero-order valence-electron chi connectivity index (χ0n) is 44.3. The molecular formula is C62H104O6. The molecule has 0 saturated heterocycles. The molecule has 0 heterocycles. The van der Waals surface area contributed by atoms with Crippen molar-refractivity contribution < 1.29 is 28.6 Å². The van der Waals surface area contributed by atoms with Crippen LogP contribution in [-0.2, 0) is 28.6 Å². The summed E-state index contributed by atoms with van der Waals surface area (Å²) in [4.78, 5) is 38.1. The zero-order chi connectivity index (χ0) is 49.3. The van der Waals surface area contributed by atoms with Gasteiger partial charge in [-0.3, -0.25) is 14.4 Å². The van der Waals surface area contributed by atoms with Crippen molar-refractivity contribution >= 4 is 17.9 Å². The first-order valence-corrected chi connectivity index (χ1v) is 28.3. The summed E-state index contributed by atoms with van der Waals surface area (Å²) in [5.41, 5.74) is 0. The smallest absolute Gasteiger partial charge is 0.306 e. The van der Waals surface area contributed by atoms with Gasteiger partial charge in [0.25, 0.3) is 0 Å². The molecule has 0 aromatic rings. The van der Waals surface area contributed by atoms with Crippen LogP contribution in [0.25, 0.3) is 0 Å². The first-order chi connectivity index (χ1) is 33.5. The highest BCUT2D eigenvalue weighted by Gasteiger charge is 2.19. The van der Waals surface area contributed by atoms with E-state index in [2.05, 4.69) is 118 Å². The van der Waals surface area contributed by atoms with Gasteiger partial charge in [-0.25, -0.2) is 0 Å². The lowest BCUT2D eigenvalue weighted by molar-refractivity contribution is -0.167. The summed E-state index contributed by atoms with van der Waals surface area (Å²) < 4.78 is 16.8. The lowest BCUT2D eigenvalue weighted by atomic mass is 10.1. The van der Waals surface area contributed by atoms with Crippen LogP contribution in [-0.4, -0.2) is 37.2 Å². The molecule has 0 aliphatic carbocycles. The van der Waals surface area contributed by atoms with Crippen molar-refractivity contribution in [2.24, 2.45) is 0 Å². The Morgan fingerprint density at radius 3 is 0.912 bits per heavy atom. The number of unbranched alkanes of at least 4 members (excludes halogenated alkanes) is 28. The molecule has 0 N–H and O–H groups in total. The van der Waals surface area contributed by atoms with Crippen LogP contribution in [0.15, 0.2) is 97.2 Å². The SMILES string of the molecule is CCCCC\C=C/C=C\C=C/C=C\CCCCCCCC(=O)OCC(COC(=O)CCCCC/C=C\CCCCCCCCC)OC(=O)CCCCCCC\C=C/C=C\C=C/CCCCCCC. The Hall–Kier alpha value is -3.67. The number of rotatable bonds is 50. The normalized spacial score (nSPS) is 12.8. The van der Waals surface area contributed by atoms with Crippen LogP contribution in [0.2, 0.25) is 0 Å². The Balaban J connectivity index is 4.51. The number of hydrogen-bond acceptors (Lipinski definition) is 6. The van der Waals surface area contributed by atoms with E-state index >= 15 is 0 Å². The van der Waals surface area contributed by atoms with E-state index in [-0.39, 0.29) is 31.1 Å². The Bertz CT molecular complexity index is 1360. The molecule has 0 aliphatic rings. The molecular weight excluding hydrogens is 841 g/mol. The fourth-order valence-corrected chi connectivity index (χ4v) is 7.63. The van der Waals surface area contributed by atoms with Gasteiger partial charge in [0.2, 0.25) is 0 Å². The van der Waals surface area contributed by atoms with E-state index in [1.54, 1.807) is 0 Å². The van der Waals surface area contributed by atoms with Crippen molar-refractivity contribution in [1.82, 2.24) is 0 Å². The second-order valence-corrected chi connectivity index (χ2v) is 18.6. The number of hydrogen-bond donors (Lipinski definition) is 0. The molecule has 0 spiro atoms. The number of allylic oxidation sites excluding steroid dienone is 16. The second kappa shape index (κ2) is 55.9. The fourth-order valence-electron chi connectivity index (χ4n) is 7.63. The van der Waals surface area contributed by atoms with Crippen LogP contribution in [0, 0.1) is 0 Å². The van der Waals surface area contributed by atoms with Crippen LogP contribution >= 0.6 is 0 Å². The van der Waals surface area contributed by atoms with E-state index in [9.17, 15) is 14.4 Å². The molecule has 0 amide bonds. The van der Waals surface area contributed by atoms with Gasteiger partial charge in [-0.05, 0) is 96.3 Å². The molecule has 0 aromatic heterocycles. The van der Waals surface area contributed by atoms with Crippen LogP contribution in [0.1, 0.15) is 258 Å². The van der Waals surface area contributed by atoms with Gasteiger partial charge in [-0.1, -0.05) is 240 Å². The quantitative estimate of drug-likeness (QED) is 0.0199. The third kappa shape index (κ3) is 53.3.